The molecule has 0 radical (unpaired) electrons. The highest BCUT2D eigenvalue weighted by Gasteiger charge is 2.17. The molecule has 0 aliphatic carbocycles. The lowest BCUT2D eigenvalue weighted by Gasteiger charge is -2.12. The zero-order valence-corrected chi connectivity index (χ0v) is 17.5. The number of fused-ring (bicyclic) bond motifs is 2. The average molecular weight is 448 g/mol. The van der Waals surface area contributed by atoms with Crippen LogP contribution in [0.4, 0.5) is 4.39 Å². The van der Waals surface area contributed by atoms with Gasteiger partial charge in [0.1, 0.15) is 11.6 Å². The first-order valence-corrected chi connectivity index (χ1v) is 10.0. The second-order valence-corrected chi connectivity index (χ2v) is 7.58. The number of nitrogens with zero attached hydrogens (tertiary/aromatic N) is 2. The largest absolute Gasteiger partial charge is 0.497 e. The van der Waals surface area contributed by atoms with E-state index in [4.69, 9.17) is 16.3 Å². The van der Waals surface area contributed by atoms with Crippen LogP contribution in [0.3, 0.4) is 0 Å². The molecule has 0 atom stereocenters. The number of aromatic amines is 1. The molecule has 5 aromatic rings. The van der Waals surface area contributed by atoms with Crippen molar-refractivity contribution in [1.82, 2.24) is 14.5 Å². The molecule has 0 aliphatic heterocycles. The van der Waals surface area contributed by atoms with E-state index in [1.165, 1.54) is 25.4 Å². The van der Waals surface area contributed by atoms with Gasteiger partial charge in [0.2, 0.25) is 0 Å². The number of hydrogen-bond donors (Lipinski definition) is 1. The van der Waals surface area contributed by atoms with E-state index in [0.717, 1.165) is 9.95 Å². The van der Waals surface area contributed by atoms with Crippen LogP contribution in [0, 0.1) is 5.82 Å². The van der Waals surface area contributed by atoms with Gasteiger partial charge < -0.3 is 9.72 Å². The summed E-state index contributed by atoms with van der Waals surface area (Å²) in [5.41, 5.74) is -0.223. The molecule has 0 bridgehead atoms. The van der Waals surface area contributed by atoms with E-state index in [9.17, 15) is 9.59 Å². The van der Waals surface area contributed by atoms with Gasteiger partial charge in [0.25, 0.3) is 5.56 Å². The van der Waals surface area contributed by atoms with Crippen LogP contribution >= 0.6 is 11.6 Å². The normalized spacial score (nSPS) is 11.2. The van der Waals surface area contributed by atoms with E-state index in [2.05, 4.69) is 9.97 Å². The maximum absolute atomic E-state index is 15.2. The highest BCUT2D eigenvalue weighted by molar-refractivity contribution is 6.33. The van der Waals surface area contributed by atoms with E-state index >= 15 is 4.39 Å². The van der Waals surface area contributed by atoms with E-state index < -0.39 is 17.1 Å². The maximum atomic E-state index is 15.2. The lowest BCUT2D eigenvalue weighted by atomic mass is 10.0. The zero-order valence-electron chi connectivity index (χ0n) is 16.7. The summed E-state index contributed by atoms with van der Waals surface area (Å²) in [7, 11) is 1.51. The standard InChI is InChI=1S/C24H15ClFN3O3/c1-32-15-6-7-18(25)17(10-15)14-8-19(26)22-20(9-14)28-24(31)29(23(22)30)21-12-27-11-13-4-2-3-5-16(13)21/h2-12H,1H3,(H,28,31). The number of benzene rings is 3. The third kappa shape index (κ3) is 3.14. The van der Waals surface area contributed by atoms with Gasteiger partial charge in [-0.3, -0.25) is 9.78 Å². The minimum Gasteiger partial charge on any atom is -0.497 e. The minimum atomic E-state index is -0.778. The van der Waals surface area contributed by atoms with Gasteiger partial charge in [-0.15, -0.1) is 0 Å². The van der Waals surface area contributed by atoms with Crippen molar-refractivity contribution in [3.63, 3.8) is 0 Å². The van der Waals surface area contributed by atoms with Crippen LogP contribution in [-0.4, -0.2) is 21.6 Å². The van der Waals surface area contributed by atoms with Crippen molar-refractivity contribution in [2.75, 3.05) is 7.11 Å². The van der Waals surface area contributed by atoms with Crippen LogP contribution in [0.15, 0.2) is 76.6 Å². The minimum absolute atomic E-state index is 0.0679. The van der Waals surface area contributed by atoms with Crippen molar-refractivity contribution in [2.45, 2.75) is 0 Å². The monoisotopic (exact) mass is 447 g/mol. The van der Waals surface area contributed by atoms with Gasteiger partial charge in [-0.1, -0.05) is 35.9 Å². The Morgan fingerprint density at radius 2 is 1.88 bits per heavy atom. The molecule has 6 nitrogen and oxygen atoms in total. The van der Waals surface area contributed by atoms with Crippen molar-refractivity contribution in [3.8, 4) is 22.6 Å². The predicted octanol–water partition coefficient (Wildman–Crippen LogP) is 4.70. The first-order valence-electron chi connectivity index (χ1n) is 9.63. The summed E-state index contributed by atoms with van der Waals surface area (Å²) in [6.45, 7) is 0. The molecular weight excluding hydrogens is 433 g/mol. The molecule has 0 saturated carbocycles. The van der Waals surface area contributed by atoms with Crippen molar-refractivity contribution in [3.05, 3.63) is 98.7 Å². The van der Waals surface area contributed by atoms with Gasteiger partial charge in [0, 0.05) is 27.6 Å². The van der Waals surface area contributed by atoms with Crippen LogP contribution in [0.1, 0.15) is 0 Å². The topological polar surface area (TPSA) is 77.0 Å². The van der Waals surface area contributed by atoms with Gasteiger partial charge in [0.15, 0.2) is 0 Å². The lowest BCUT2D eigenvalue weighted by Crippen LogP contribution is -2.34. The number of H-pyrrole nitrogens is 1. The fourth-order valence-corrected chi connectivity index (χ4v) is 4.03. The Morgan fingerprint density at radius 3 is 2.69 bits per heavy atom. The average Bonchev–Trinajstić information content (AvgIpc) is 2.79. The lowest BCUT2D eigenvalue weighted by molar-refractivity contribution is 0.415. The van der Waals surface area contributed by atoms with E-state index in [1.54, 1.807) is 36.5 Å². The third-order valence-corrected chi connectivity index (χ3v) is 5.65. The van der Waals surface area contributed by atoms with Crippen molar-refractivity contribution in [2.24, 2.45) is 0 Å². The van der Waals surface area contributed by atoms with Crippen molar-refractivity contribution in [1.29, 1.82) is 0 Å². The second-order valence-electron chi connectivity index (χ2n) is 7.18. The number of pyridine rings is 1. The molecule has 2 heterocycles. The molecule has 8 heteroatoms. The summed E-state index contributed by atoms with van der Waals surface area (Å²) in [6.07, 6.45) is 3.04. The Kier molecular flexibility index (Phi) is 4.75. The second kappa shape index (κ2) is 7.62. The fourth-order valence-electron chi connectivity index (χ4n) is 3.80. The number of halogens is 2. The molecule has 0 spiro atoms. The maximum Gasteiger partial charge on any atom is 0.333 e. The first-order chi connectivity index (χ1) is 15.5. The molecule has 0 unspecified atom stereocenters. The number of nitrogens with one attached hydrogen (secondary N) is 1. The molecule has 0 fully saturated rings. The first kappa shape index (κ1) is 20.0. The van der Waals surface area contributed by atoms with Gasteiger partial charge in [-0.05, 0) is 35.9 Å². The molecule has 0 amide bonds. The summed E-state index contributed by atoms with van der Waals surface area (Å²) in [4.78, 5) is 32.9. The molecule has 0 aliphatic rings. The highest BCUT2D eigenvalue weighted by Crippen LogP contribution is 2.33. The molecule has 2 aromatic heterocycles. The quantitative estimate of drug-likeness (QED) is 0.435. The summed E-state index contributed by atoms with van der Waals surface area (Å²) in [5.74, 6) is -0.239. The van der Waals surface area contributed by atoms with Gasteiger partial charge in [-0.2, -0.15) is 0 Å². The molecule has 3 aromatic carbocycles. The van der Waals surface area contributed by atoms with Crippen molar-refractivity contribution >= 4 is 33.3 Å². The Bertz CT molecular complexity index is 1640. The molecular formula is C24H15ClFN3O3. The number of ether oxygens (including phenoxy) is 1. The van der Waals surface area contributed by atoms with Crippen LogP contribution in [0.25, 0.3) is 38.5 Å². The van der Waals surface area contributed by atoms with Crippen LogP contribution in [0.2, 0.25) is 5.02 Å². The Balaban J connectivity index is 1.79. The Hall–Kier alpha value is -3.97. The number of rotatable bonds is 3. The Labute approximate surface area is 185 Å². The SMILES string of the molecule is COc1ccc(Cl)c(-c2cc(F)c3c(=O)n(-c4cncc5ccccc45)c(=O)[nH]c3c2)c1. The summed E-state index contributed by atoms with van der Waals surface area (Å²) >= 11 is 6.29. The van der Waals surface area contributed by atoms with Crippen LogP contribution in [-0.2, 0) is 0 Å². The third-order valence-electron chi connectivity index (χ3n) is 5.32. The van der Waals surface area contributed by atoms with Crippen molar-refractivity contribution < 1.29 is 9.13 Å². The number of methoxy groups -OCH3 is 1. The number of hydrogen-bond acceptors (Lipinski definition) is 4. The summed E-state index contributed by atoms with van der Waals surface area (Å²) in [6, 6.07) is 14.9. The van der Waals surface area contributed by atoms with Gasteiger partial charge in [-0.25, -0.2) is 13.8 Å². The van der Waals surface area contributed by atoms with E-state index in [1.807, 2.05) is 12.1 Å². The summed E-state index contributed by atoms with van der Waals surface area (Å²) in [5, 5.41) is 1.54. The Morgan fingerprint density at radius 1 is 1.06 bits per heavy atom. The smallest absolute Gasteiger partial charge is 0.333 e. The molecule has 1 N–H and O–H groups in total. The molecule has 32 heavy (non-hydrogen) atoms. The van der Waals surface area contributed by atoms with Gasteiger partial charge >= 0.3 is 5.69 Å². The molecule has 5 rings (SSSR count). The van der Waals surface area contributed by atoms with Crippen LogP contribution < -0.4 is 16.0 Å². The van der Waals surface area contributed by atoms with E-state index in [0.29, 0.717) is 27.3 Å². The molecule has 158 valence electrons. The fraction of sp³-hybridized carbons (Fsp3) is 0.0417. The zero-order chi connectivity index (χ0) is 22.4. The molecule has 0 saturated heterocycles. The predicted molar refractivity (Wildman–Crippen MR) is 122 cm³/mol. The van der Waals surface area contributed by atoms with E-state index in [-0.39, 0.29) is 16.6 Å². The highest BCUT2D eigenvalue weighted by atomic mass is 35.5. The van der Waals surface area contributed by atoms with Gasteiger partial charge in [0.05, 0.1) is 29.9 Å². The van der Waals surface area contributed by atoms with Crippen LogP contribution in [0.5, 0.6) is 5.75 Å². The number of aromatic nitrogens is 3. The summed E-state index contributed by atoms with van der Waals surface area (Å²) < 4.78 is 21.3.